The first-order valence-corrected chi connectivity index (χ1v) is 5.99. The fraction of sp³-hybridized carbons (Fsp3) is 0. The van der Waals surface area contributed by atoms with Gasteiger partial charge in [0.15, 0.2) is 11.6 Å². The molecule has 0 saturated heterocycles. The molecule has 4 N–H and O–H groups in total. The Morgan fingerprint density at radius 1 is 1.11 bits per heavy atom. The largest absolute Gasteiger partial charge is 0.339 e. The summed E-state index contributed by atoms with van der Waals surface area (Å²) in [6.45, 7) is 0. The van der Waals surface area contributed by atoms with Crippen LogP contribution in [-0.2, 0) is 0 Å². The molecule has 0 atom stereocenters. The van der Waals surface area contributed by atoms with Crippen LogP contribution in [0, 0.1) is 11.3 Å². The van der Waals surface area contributed by atoms with Gasteiger partial charge in [-0.05, 0) is 30.3 Å². The van der Waals surface area contributed by atoms with Crippen LogP contribution in [0.2, 0.25) is 10.0 Å². The Balaban J connectivity index is 2.29. The van der Waals surface area contributed by atoms with Crippen LogP contribution in [0.25, 0.3) is 0 Å². The topological polar surface area (TPSA) is 86.8 Å². The summed E-state index contributed by atoms with van der Waals surface area (Å²) in [6.07, 6.45) is 0. The molecule has 0 spiro atoms. The highest BCUT2D eigenvalue weighted by atomic mass is 35.5. The van der Waals surface area contributed by atoms with Crippen molar-refractivity contribution < 1.29 is 0 Å². The summed E-state index contributed by atoms with van der Waals surface area (Å²) in [4.78, 5) is 4.15. The highest BCUT2D eigenvalue weighted by Crippen LogP contribution is 2.30. The molecular weight excluding hydrogens is 285 g/mol. The smallest absolute Gasteiger partial charge is 0.161 e. The molecule has 0 aliphatic carbocycles. The summed E-state index contributed by atoms with van der Waals surface area (Å²) >= 11 is 11.9. The highest BCUT2D eigenvalue weighted by Gasteiger charge is 2.08. The molecule has 0 bridgehead atoms. The van der Waals surface area contributed by atoms with Gasteiger partial charge in [-0.2, -0.15) is 5.26 Å². The first kappa shape index (κ1) is 13.4. The van der Waals surface area contributed by atoms with Crippen molar-refractivity contribution in [1.82, 2.24) is 4.98 Å². The number of rotatable bonds is 3. The number of benzene rings is 1. The fourth-order valence-electron chi connectivity index (χ4n) is 1.42. The molecule has 0 amide bonds. The molecule has 0 radical (unpaired) electrons. The minimum absolute atomic E-state index is 0.321. The van der Waals surface area contributed by atoms with Gasteiger partial charge in [0.2, 0.25) is 0 Å². The van der Waals surface area contributed by atoms with Crippen molar-refractivity contribution in [2.75, 3.05) is 10.7 Å². The quantitative estimate of drug-likeness (QED) is 0.597. The number of nitriles is 1. The van der Waals surface area contributed by atoms with Crippen LogP contribution >= 0.6 is 23.2 Å². The van der Waals surface area contributed by atoms with Gasteiger partial charge in [-0.3, -0.25) is 0 Å². The predicted molar refractivity (Wildman–Crippen MR) is 76.5 cm³/mol. The van der Waals surface area contributed by atoms with Crippen molar-refractivity contribution in [3.8, 4) is 6.07 Å². The van der Waals surface area contributed by atoms with E-state index in [-0.39, 0.29) is 0 Å². The lowest BCUT2D eigenvalue weighted by atomic mass is 10.2. The lowest BCUT2D eigenvalue weighted by Crippen LogP contribution is -2.10. The molecule has 96 valence electrons. The van der Waals surface area contributed by atoms with Gasteiger partial charge in [0, 0.05) is 5.69 Å². The number of hydrogen-bond donors (Lipinski definition) is 3. The maximum Gasteiger partial charge on any atom is 0.161 e. The first-order chi connectivity index (χ1) is 9.13. The molecular formula is C12H9Cl2N5. The molecule has 7 heteroatoms. The van der Waals surface area contributed by atoms with E-state index >= 15 is 0 Å². The predicted octanol–water partition coefficient (Wildman–Crippen LogP) is 3.29. The van der Waals surface area contributed by atoms with E-state index < -0.39 is 0 Å². The Bertz CT molecular complexity index is 634. The number of hydrogen-bond acceptors (Lipinski definition) is 5. The average molecular weight is 294 g/mol. The van der Waals surface area contributed by atoms with Crippen LogP contribution in [0.1, 0.15) is 5.56 Å². The normalized spacial score (nSPS) is 9.79. The second kappa shape index (κ2) is 5.76. The zero-order chi connectivity index (χ0) is 13.8. The molecule has 2 rings (SSSR count). The van der Waals surface area contributed by atoms with Gasteiger partial charge in [-0.25, -0.2) is 10.8 Å². The van der Waals surface area contributed by atoms with Gasteiger partial charge in [0.1, 0.15) is 0 Å². The molecule has 19 heavy (non-hydrogen) atoms. The van der Waals surface area contributed by atoms with Crippen molar-refractivity contribution >= 4 is 40.5 Å². The minimum Gasteiger partial charge on any atom is -0.339 e. The van der Waals surface area contributed by atoms with Crippen LogP contribution in [-0.4, -0.2) is 4.98 Å². The van der Waals surface area contributed by atoms with Crippen LogP contribution in [0.3, 0.4) is 0 Å². The molecule has 0 saturated carbocycles. The number of pyridine rings is 1. The summed E-state index contributed by atoms with van der Waals surface area (Å²) in [5.74, 6) is 6.04. The van der Waals surface area contributed by atoms with Gasteiger partial charge in [-0.15, -0.1) is 0 Å². The summed E-state index contributed by atoms with van der Waals surface area (Å²) < 4.78 is 0. The molecule has 5 nitrogen and oxygen atoms in total. The van der Waals surface area contributed by atoms with Crippen LogP contribution in [0.4, 0.5) is 17.3 Å². The van der Waals surface area contributed by atoms with Gasteiger partial charge in [0.05, 0.1) is 21.7 Å². The summed E-state index contributed by atoms with van der Waals surface area (Å²) in [5, 5.41) is 12.4. The minimum atomic E-state index is 0.321. The molecule has 2 aromatic rings. The van der Waals surface area contributed by atoms with Crippen LogP contribution < -0.4 is 16.6 Å². The van der Waals surface area contributed by atoms with E-state index in [0.29, 0.717) is 27.2 Å². The Morgan fingerprint density at radius 2 is 1.74 bits per heavy atom. The lowest BCUT2D eigenvalue weighted by Gasteiger charge is -2.10. The van der Waals surface area contributed by atoms with Crippen molar-refractivity contribution in [2.45, 2.75) is 0 Å². The average Bonchev–Trinajstić information content (AvgIpc) is 2.42. The number of nitrogens with zero attached hydrogens (tertiary/aromatic N) is 2. The second-order valence-electron chi connectivity index (χ2n) is 3.61. The highest BCUT2D eigenvalue weighted by molar-refractivity contribution is 6.37. The molecule has 0 fully saturated rings. The Morgan fingerprint density at radius 3 is 2.32 bits per heavy atom. The number of nitrogens with one attached hydrogen (secondary N) is 2. The molecule has 1 aromatic carbocycles. The molecule has 1 aromatic heterocycles. The Kier molecular flexibility index (Phi) is 4.07. The summed E-state index contributed by atoms with van der Waals surface area (Å²) in [5.41, 5.74) is 3.71. The SMILES string of the molecule is N#Cc1ccc(Nc2nc(NN)c(Cl)cc2Cl)cc1. The maximum atomic E-state index is 8.72. The lowest BCUT2D eigenvalue weighted by molar-refractivity contribution is 1.22. The zero-order valence-corrected chi connectivity index (χ0v) is 11.1. The monoisotopic (exact) mass is 293 g/mol. The Labute approximate surface area is 119 Å². The zero-order valence-electron chi connectivity index (χ0n) is 9.61. The van der Waals surface area contributed by atoms with E-state index in [4.69, 9.17) is 34.3 Å². The number of aromatic nitrogens is 1. The standard InChI is InChI=1S/C12H9Cl2N5/c13-9-5-10(14)12(19-16)18-11(9)17-8-3-1-7(6-15)2-4-8/h1-5H,16H2,(H2,17,18,19). The fourth-order valence-corrected chi connectivity index (χ4v) is 1.88. The van der Waals surface area contributed by atoms with Crippen molar-refractivity contribution in [3.63, 3.8) is 0 Å². The number of hydrazine groups is 1. The van der Waals surface area contributed by atoms with E-state index in [1.807, 2.05) is 6.07 Å². The van der Waals surface area contributed by atoms with Crippen LogP contribution in [0.15, 0.2) is 30.3 Å². The number of nitrogens with two attached hydrogens (primary N) is 1. The maximum absolute atomic E-state index is 8.72. The first-order valence-electron chi connectivity index (χ1n) is 5.24. The van der Waals surface area contributed by atoms with E-state index in [1.54, 1.807) is 24.3 Å². The number of anilines is 3. The molecule has 0 aliphatic rings. The van der Waals surface area contributed by atoms with Gasteiger partial charge < -0.3 is 10.7 Å². The molecule has 1 heterocycles. The van der Waals surface area contributed by atoms with E-state index in [1.165, 1.54) is 6.07 Å². The third-order valence-corrected chi connectivity index (χ3v) is 2.92. The molecule has 0 aliphatic heterocycles. The van der Waals surface area contributed by atoms with Gasteiger partial charge in [0.25, 0.3) is 0 Å². The molecule has 0 unspecified atom stereocenters. The number of nitrogen functional groups attached to an aromatic ring is 1. The van der Waals surface area contributed by atoms with E-state index in [9.17, 15) is 0 Å². The van der Waals surface area contributed by atoms with E-state index in [0.717, 1.165) is 5.69 Å². The summed E-state index contributed by atoms with van der Waals surface area (Å²) in [6, 6.07) is 10.5. The second-order valence-corrected chi connectivity index (χ2v) is 4.42. The van der Waals surface area contributed by atoms with Crippen LogP contribution in [0.5, 0.6) is 0 Å². The van der Waals surface area contributed by atoms with Gasteiger partial charge >= 0.3 is 0 Å². The van der Waals surface area contributed by atoms with Crippen molar-refractivity contribution in [1.29, 1.82) is 5.26 Å². The Hall–Kier alpha value is -2.00. The third kappa shape index (κ3) is 3.06. The number of halogens is 2. The van der Waals surface area contributed by atoms with Crippen molar-refractivity contribution in [3.05, 3.63) is 45.9 Å². The van der Waals surface area contributed by atoms with Crippen molar-refractivity contribution in [2.24, 2.45) is 5.84 Å². The third-order valence-electron chi connectivity index (χ3n) is 2.34. The van der Waals surface area contributed by atoms with E-state index in [2.05, 4.69) is 15.7 Å². The van der Waals surface area contributed by atoms with Gasteiger partial charge in [-0.1, -0.05) is 23.2 Å². The summed E-state index contributed by atoms with van der Waals surface area (Å²) in [7, 11) is 0.